The van der Waals surface area contributed by atoms with Crippen LogP contribution in [0.1, 0.15) is 31.1 Å². The molecule has 25 heavy (non-hydrogen) atoms. The highest BCUT2D eigenvalue weighted by Gasteiger charge is 2.16. The van der Waals surface area contributed by atoms with Crippen molar-refractivity contribution in [3.8, 4) is 0 Å². The number of nitrogens with zero attached hydrogens (tertiary/aromatic N) is 1. The number of nitrogens with one attached hydrogen (secondary N) is 2. The van der Waals surface area contributed by atoms with Crippen molar-refractivity contribution in [2.24, 2.45) is 0 Å². The van der Waals surface area contributed by atoms with Crippen LogP contribution in [0.25, 0.3) is 0 Å². The van der Waals surface area contributed by atoms with Gasteiger partial charge in [-0.25, -0.2) is 0 Å². The summed E-state index contributed by atoms with van der Waals surface area (Å²) in [5, 5.41) is 5.75. The predicted octanol–water partition coefficient (Wildman–Crippen LogP) is 3.29. The number of likely N-dealkylation sites (N-methyl/N-ethyl adjacent to an activating group) is 1. The molecule has 0 atom stereocenters. The quantitative estimate of drug-likeness (QED) is 0.879. The highest BCUT2D eigenvalue weighted by Crippen LogP contribution is 2.14. The Labute approximate surface area is 149 Å². The number of benzene rings is 2. The molecule has 2 N–H and O–H groups in total. The molecule has 0 saturated heterocycles. The van der Waals surface area contributed by atoms with Crippen LogP contribution in [-0.2, 0) is 4.79 Å². The number of anilines is 2. The average molecular weight is 339 g/mol. The Morgan fingerprint density at radius 2 is 1.68 bits per heavy atom. The highest BCUT2D eigenvalue weighted by molar-refractivity contribution is 5.98. The molecule has 0 spiro atoms. The van der Waals surface area contributed by atoms with E-state index in [9.17, 15) is 9.59 Å². The second kappa shape index (κ2) is 7.83. The molecule has 0 fully saturated rings. The summed E-state index contributed by atoms with van der Waals surface area (Å²) in [6.07, 6.45) is 0. The van der Waals surface area contributed by atoms with Crippen molar-refractivity contribution in [3.63, 3.8) is 0 Å². The fraction of sp³-hybridized carbons (Fsp3) is 0.300. The first kappa shape index (κ1) is 18.5. The van der Waals surface area contributed by atoms with Crippen LogP contribution >= 0.6 is 0 Å². The van der Waals surface area contributed by atoms with Crippen LogP contribution in [-0.4, -0.2) is 30.9 Å². The van der Waals surface area contributed by atoms with E-state index in [2.05, 4.69) is 10.6 Å². The lowest BCUT2D eigenvalue weighted by molar-refractivity contribution is -0.114. The molecule has 2 aromatic carbocycles. The van der Waals surface area contributed by atoms with Crippen molar-refractivity contribution < 1.29 is 9.59 Å². The van der Waals surface area contributed by atoms with Gasteiger partial charge >= 0.3 is 0 Å². The van der Waals surface area contributed by atoms with Crippen LogP contribution in [0, 0.1) is 0 Å². The minimum Gasteiger partial charge on any atom is -0.365 e. The summed E-state index contributed by atoms with van der Waals surface area (Å²) in [6, 6.07) is 16.6. The van der Waals surface area contributed by atoms with Crippen LogP contribution in [0.2, 0.25) is 0 Å². The zero-order valence-corrected chi connectivity index (χ0v) is 15.2. The summed E-state index contributed by atoms with van der Waals surface area (Å²) in [5.41, 5.74) is 1.78. The summed E-state index contributed by atoms with van der Waals surface area (Å²) in [4.78, 5) is 26.3. The molecular formula is C20H25N3O2. The van der Waals surface area contributed by atoms with E-state index < -0.39 is 0 Å². The molecule has 5 nitrogen and oxygen atoms in total. The minimum absolute atomic E-state index is 0.139. The van der Waals surface area contributed by atoms with E-state index >= 15 is 0 Å². The third-order valence-corrected chi connectivity index (χ3v) is 3.47. The molecule has 0 heterocycles. The zero-order valence-electron chi connectivity index (χ0n) is 15.2. The molecule has 2 rings (SSSR count). The summed E-state index contributed by atoms with van der Waals surface area (Å²) >= 11 is 0. The molecule has 0 aromatic heterocycles. The molecular weight excluding hydrogens is 314 g/mol. The Morgan fingerprint density at radius 3 is 2.32 bits per heavy atom. The number of hydrogen-bond acceptors (Lipinski definition) is 3. The Kier molecular flexibility index (Phi) is 5.80. The number of carbonyl (C=O) groups is 2. The molecule has 2 amide bonds. The van der Waals surface area contributed by atoms with Crippen LogP contribution in [0.3, 0.4) is 0 Å². The maximum Gasteiger partial charge on any atom is 0.251 e. The molecule has 0 radical (unpaired) electrons. The molecule has 0 aliphatic carbocycles. The summed E-state index contributed by atoms with van der Waals surface area (Å²) < 4.78 is 0. The molecule has 132 valence electrons. The maximum atomic E-state index is 12.3. The average Bonchev–Trinajstić information content (AvgIpc) is 2.54. The number of amides is 2. The third kappa shape index (κ3) is 5.95. The summed E-state index contributed by atoms with van der Waals surface area (Å²) in [6.45, 7) is 6.00. The molecule has 0 bridgehead atoms. The van der Waals surface area contributed by atoms with E-state index in [1.54, 1.807) is 24.3 Å². The summed E-state index contributed by atoms with van der Waals surface area (Å²) in [5.74, 6) is -0.301. The second-order valence-electron chi connectivity index (χ2n) is 7.02. The van der Waals surface area contributed by atoms with Crippen molar-refractivity contribution in [2.45, 2.75) is 26.3 Å². The lowest BCUT2D eigenvalue weighted by Crippen LogP contribution is -2.40. The number of rotatable bonds is 5. The van der Waals surface area contributed by atoms with E-state index in [-0.39, 0.29) is 23.9 Å². The van der Waals surface area contributed by atoms with Gasteiger partial charge in [-0.15, -0.1) is 0 Å². The van der Waals surface area contributed by atoms with Crippen LogP contribution in [0.5, 0.6) is 0 Å². The van der Waals surface area contributed by atoms with Gasteiger partial charge in [-0.05, 0) is 51.1 Å². The second-order valence-corrected chi connectivity index (χ2v) is 7.02. The van der Waals surface area contributed by atoms with Gasteiger partial charge in [0, 0.05) is 29.5 Å². The molecule has 5 heteroatoms. The highest BCUT2D eigenvalue weighted by atomic mass is 16.2. The first-order valence-corrected chi connectivity index (χ1v) is 8.23. The largest absolute Gasteiger partial charge is 0.365 e. The molecule has 0 unspecified atom stereocenters. The number of hydrogen-bond donors (Lipinski definition) is 2. The van der Waals surface area contributed by atoms with Crippen molar-refractivity contribution in [1.29, 1.82) is 0 Å². The maximum absolute atomic E-state index is 12.3. The van der Waals surface area contributed by atoms with Gasteiger partial charge in [0.1, 0.15) is 0 Å². The Hall–Kier alpha value is -2.82. The van der Waals surface area contributed by atoms with E-state index in [0.717, 1.165) is 5.69 Å². The van der Waals surface area contributed by atoms with Crippen molar-refractivity contribution >= 4 is 23.2 Å². The Balaban J connectivity index is 1.99. The van der Waals surface area contributed by atoms with E-state index in [1.807, 2.05) is 63.1 Å². The lowest BCUT2D eigenvalue weighted by Gasteiger charge is -2.21. The Morgan fingerprint density at radius 1 is 1.00 bits per heavy atom. The fourth-order valence-corrected chi connectivity index (χ4v) is 2.34. The molecule has 0 saturated carbocycles. The predicted molar refractivity (Wildman–Crippen MR) is 102 cm³/mol. The van der Waals surface area contributed by atoms with E-state index in [0.29, 0.717) is 11.3 Å². The minimum atomic E-state index is -0.311. The van der Waals surface area contributed by atoms with Gasteiger partial charge in [0.05, 0.1) is 6.54 Å². The summed E-state index contributed by atoms with van der Waals surface area (Å²) in [7, 11) is 1.86. The van der Waals surface area contributed by atoms with Gasteiger partial charge in [0.15, 0.2) is 0 Å². The van der Waals surface area contributed by atoms with Crippen molar-refractivity contribution in [3.05, 3.63) is 60.2 Å². The smallest absolute Gasteiger partial charge is 0.251 e. The normalized spacial score (nSPS) is 10.9. The van der Waals surface area contributed by atoms with Crippen molar-refractivity contribution in [2.75, 3.05) is 23.8 Å². The monoisotopic (exact) mass is 339 g/mol. The SMILES string of the molecule is CN(CC(=O)Nc1cccc(C(=O)NC(C)(C)C)c1)c1ccccc1. The van der Waals surface area contributed by atoms with Crippen LogP contribution < -0.4 is 15.5 Å². The van der Waals surface area contributed by atoms with E-state index in [1.165, 1.54) is 0 Å². The molecule has 0 aliphatic rings. The van der Waals surface area contributed by atoms with Gasteiger partial charge < -0.3 is 15.5 Å². The van der Waals surface area contributed by atoms with Crippen LogP contribution in [0.15, 0.2) is 54.6 Å². The van der Waals surface area contributed by atoms with Crippen molar-refractivity contribution in [1.82, 2.24) is 5.32 Å². The Bertz CT molecular complexity index is 736. The van der Waals surface area contributed by atoms with Crippen LogP contribution in [0.4, 0.5) is 11.4 Å². The van der Waals surface area contributed by atoms with Gasteiger partial charge in [-0.2, -0.15) is 0 Å². The molecule has 0 aliphatic heterocycles. The first-order valence-electron chi connectivity index (χ1n) is 8.23. The van der Waals surface area contributed by atoms with E-state index in [4.69, 9.17) is 0 Å². The first-order chi connectivity index (χ1) is 11.7. The standard InChI is InChI=1S/C20H25N3O2/c1-20(2,3)22-19(25)15-9-8-10-16(13-15)21-18(24)14-23(4)17-11-6-5-7-12-17/h5-13H,14H2,1-4H3,(H,21,24)(H,22,25). The molecule has 2 aromatic rings. The lowest BCUT2D eigenvalue weighted by atomic mass is 10.1. The van der Waals surface area contributed by atoms with Gasteiger partial charge in [-0.1, -0.05) is 24.3 Å². The van der Waals surface area contributed by atoms with Gasteiger partial charge in [0.2, 0.25) is 5.91 Å². The zero-order chi connectivity index (χ0) is 18.4. The number of para-hydroxylation sites is 1. The number of carbonyl (C=O) groups excluding carboxylic acids is 2. The third-order valence-electron chi connectivity index (χ3n) is 3.47. The van der Waals surface area contributed by atoms with Gasteiger partial charge in [-0.3, -0.25) is 9.59 Å². The van der Waals surface area contributed by atoms with Gasteiger partial charge in [0.25, 0.3) is 5.91 Å². The fourth-order valence-electron chi connectivity index (χ4n) is 2.34. The topological polar surface area (TPSA) is 61.4 Å².